The quantitative estimate of drug-likeness (QED) is 0.163. The minimum atomic E-state index is -0.187. The van der Waals surface area contributed by atoms with Gasteiger partial charge in [0.15, 0.2) is 5.13 Å². The van der Waals surface area contributed by atoms with Crippen LogP contribution in [-0.2, 0) is 23.7 Å². The molecule has 3 aromatic rings. The lowest BCUT2D eigenvalue weighted by Gasteiger charge is -2.13. The molecular formula is C29H40N4O6S. The Balaban J connectivity index is 1.24. The van der Waals surface area contributed by atoms with E-state index in [9.17, 15) is 4.79 Å². The van der Waals surface area contributed by atoms with E-state index >= 15 is 0 Å². The molecule has 0 spiro atoms. The first-order valence-electron chi connectivity index (χ1n) is 13.4. The van der Waals surface area contributed by atoms with E-state index in [1.165, 1.54) is 11.3 Å². The van der Waals surface area contributed by atoms with Crippen molar-refractivity contribution >= 4 is 28.1 Å². The van der Waals surface area contributed by atoms with Crippen LogP contribution in [-0.4, -0.2) is 90.0 Å². The van der Waals surface area contributed by atoms with Crippen molar-refractivity contribution in [3.05, 3.63) is 65.9 Å². The minimum Gasteiger partial charge on any atom is -0.382 e. The summed E-state index contributed by atoms with van der Waals surface area (Å²) in [4.78, 5) is 18.3. The molecular weight excluding hydrogens is 532 g/mol. The molecule has 11 heteroatoms. The second kappa shape index (κ2) is 19.2. The lowest BCUT2D eigenvalue weighted by atomic mass is 10.1. The molecule has 1 amide bonds. The average Bonchev–Trinajstić information content (AvgIpc) is 3.44. The van der Waals surface area contributed by atoms with Gasteiger partial charge in [-0.25, -0.2) is 4.98 Å². The number of thiazole rings is 1. The fourth-order valence-corrected chi connectivity index (χ4v) is 4.45. The number of ether oxygens (including phenoxy) is 5. The molecule has 0 aliphatic heterocycles. The Morgan fingerprint density at radius 2 is 1.40 bits per heavy atom. The molecule has 4 N–H and O–H groups in total. The minimum absolute atomic E-state index is 0.187. The lowest BCUT2D eigenvalue weighted by Crippen LogP contribution is -2.17. The predicted octanol–water partition coefficient (Wildman–Crippen LogP) is 3.82. The Morgan fingerprint density at radius 1 is 0.800 bits per heavy atom. The summed E-state index contributed by atoms with van der Waals surface area (Å²) in [7, 11) is 0. The highest BCUT2D eigenvalue weighted by Gasteiger charge is 2.14. The highest BCUT2D eigenvalue weighted by atomic mass is 32.1. The molecule has 0 atom stereocenters. The van der Waals surface area contributed by atoms with E-state index in [4.69, 9.17) is 29.4 Å². The third-order valence-corrected chi connectivity index (χ3v) is 6.64. The third kappa shape index (κ3) is 11.7. The number of amides is 1. The molecule has 0 saturated carbocycles. The first-order valence-corrected chi connectivity index (χ1v) is 14.3. The molecule has 40 heavy (non-hydrogen) atoms. The van der Waals surface area contributed by atoms with Gasteiger partial charge in [-0.1, -0.05) is 47.7 Å². The number of carbonyl (C=O) groups is 1. The van der Waals surface area contributed by atoms with E-state index in [1.807, 2.05) is 55.5 Å². The van der Waals surface area contributed by atoms with E-state index in [1.54, 1.807) is 6.20 Å². The zero-order valence-electron chi connectivity index (χ0n) is 23.1. The van der Waals surface area contributed by atoms with Gasteiger partial charge in [-0.05, 0) is 30.2 Å². The number of nitrogens with two attached hydrogens (primary N) is 1. The molecule has 0 aliphatic rings. The SMILES string of the molecule is Cc1c(NCCOCCOCCOCCOCCOCCN)cccc1C(=O)Nc1ncc(-c2ccccc2)s1. The summed E-state index contributed by atoms with van der Waals surface area (Å²) in [6.07, 6.45) is 1.78. The topological polar surface area (TPSA) is 126 Å². The average molecular weight is 573 g/mol. The number of hydrogen-bond acceptors (Lipinski definition) is 10. The van der Waals surface area contributed by atoms with E-state index in [0.29, 0.717) is 89.9 Å². The Labute approximate surface area is 240 Å². The third-order valence-electron chi connectivity index (χ3n) is 5.67. The Hall–Kier alpha value is -2.90. The van der Waals surface area contributed by atoms with Gasteiger partial charge in [-0.2, -0.15) is 0 Å². The van der Waals surface area contributed by atoms with E-state index < -0.39 is 0 Å². The first-order chi connectivity index (χ1) is 19.7. The molecule has 0 fully saturated rings. The maximum absolute atomic E-state index is 12.9. The van der Waals surface area contributed by atoms with Gasteiger partial charge >= 0.3 is 0 Å². The summed E-state index contributed by atoms with van der Waals surface area (Å²) in [6.45, 7) is 8.25. The summed E-state index contributed by atoms with van der Waals surface area (Å²) in [5.74, 6) is -0.187. The molecule has 10 nitrogen and oxygen atoms in total. The smallest absolute Gasteiger partial charge is 0.257 e. The van der Waals surface area contributed by atoms with E-state index in [0.717, 1.165) is 21.7 Å². The molecule has 218 valence electrons. The van der Waals surface area contributed by atoms with Crippen molar-refractivity contribution in [2.75, 3.05) is 89.8 Å². The Kier molecular flexibility index (Phi) is 15.2. The van der Waals surface area contributed by atoms with Crippen LogP contribution in [0.1, 0.15) is 15.9 Å². The molecule has 0 radical (unpaired) electrons. The summed E-state index contributed by atoms with van der Waals surface area (Å²) in [6, 6.07) is 15.6. The second-order valence-electron chi connectivity index (χ2n) is 8.61. The van der Waals surface area contributed by atoms with Crippen LogP contribution in [0.2, 0.25) is 0 Å². The van der Waals surface area contributed by atoms with Crippen LogP contribution in [0.3, 0.4) is 0 Å². The number of nitrogens with one attached hydrogen (secondary N) is 2. The molecule has 0 saturated heterocycles. The van der Waals surface area contributed by atoms with Gasteiger partial charge in [-0.15, -0.1) is 0 Å². The van der Waals surface area contributed by atoms with Crippen LogP contribution in [0.4, 0.5) is 10.8 Å². The van der Waals surface area contributed by atoms with Crippen molar-refractivity contribution < 1.29 is 28.5 Å². The molecule has 0 bridgehead atoms. The van der Waals surface area contributed by atoms with Crippen LogP contribution >= 0.6 is 11.3 Å². The Bertz CT molecular complexity index is 1110. The number of rotatable bonds is 21. The van der Waals surface area contributed by atoms with Gasteiger partial charge in [0.25, 0.3) is 5.91 Å². The summed E-state index contributed by atoms with van der Waals surface area (Å²) < 4.78 is 27.2. The van der Waals surface area contributed by atoms with Crippen LogP contribution in [0.25, 0.3) is 10.4 Å². The van der Waals surface area contributed by atoms with Gasteiger partial charge in [0.05, 0.1) is 70.9 Å². The van der Waals surface area contributed by atoms with Crippen molar-refractivity contribution in [2.45, 2.75) is 6.92 Å². The van der Waals surface area contributed by atoms with Gasteiger partial charge in [0, 0.05) is 30.5 Å². The van der Waals surface area contributed by atoms with Crippen molar-refractivity contribution in [2.24, 2.45) is 5.73 Å². The molecule has 3 rings (SSSR count). The van der Waals surface area contributed by atoms with E-state index in [2.05, 4.69) is 15.6 Å². The fourth-order valence-electron chi connectivity index (χ4n) is 3.63. The van der Waals surface area contributed by atoms with Crippen molar-refractivity contribution in [1.29, 1.82) is 0 Å². The van der Waals surface area contributed by atoms with Crippen molar-refractivity contribution in [3.8, 4) is 10.4 Å². The van der Waals surface area contributed by atoms with Gasteiger partial charge in [0.1, 0.15) is 0 Å². The highest BCUT2D eigenvalue weighted by molar-refractivity contribution is 7.19. The number of benzene rings is 2. The predicted molar refractivity (Wildman–Crippen MR) is 158 cm³/mol. The number of aromatic nitrogens is 1. The Morgan fingerprint density at radius 3 is 2.02 bits per heavy atom. The fraction of sp³-hybridized carbons (Fsp3) is 0.448. The second-order valence-corrected chi connectivity index (χ2v) is 9.64. The maximum Gasteiger partial charge on any atom is 0.257 e. The number of hydrogen-bond donors (Lipinski definition) is 3. The lowest BCUT2D eigenvalue weighted by molar-refractivity contribution is -0.00985. The van der Waals surface area contributed by atoms with E-state index in [-0.39, 0.29) is 5.91 Å². The normalized spacial score (nSPS) is 11.1. The number of carbonyl (C=O) groups excluding carboxylic acids is 1. The van der Waals surface area contributed by atoms with Gasteiger partial charge in [0.2, 0.25) is 0 Å². The largest absolute Gasteiger partial charge is 0.382 e. The molecule has 2 aromatic carbocycles. The number of nitrogens with zero attached hydrogens (tertiary/aromatic N) is 1. The zero-order valence-corrected chi connectivity index (χ0v) is 23.9. The van der Waals surface area contributed by atoms with Crippen LogP contribution in [0, 0.1) is 6.92 Å². The van der Waals surface area contributed by atoms with Gasteiger partial charge in [-0.3, -0.25) is 10.1 Å². The maximum atomic E-state index is 12.9. The molecule has 1 aromatic heterocycles. The molecule has 0 aliphatic carbocycles. The summed E-state index contributed by atoms with van der Waals surface area (Å²) in [5, 5.41) is 6.83. The standard InChI is InChI=1S/C29H40N4O6S/c1-23-25(28(34)33-29-32-22-27(40-29)24-6-3-2-4-7-24)8-5-9-26(23)31-11-13-36-15-17-38-19-21-39-20-18-37-16-14-35-12-10-30/h2-9,22,31H,10-21,30H2,1H3,(H,32,33,34). The highest BCUT2D eigenvalue weighted by Crippen LogP contribution is 2.29. The monoisotopic (exact) mass is 572 g/mol. The summed E-state index contributed by atoms with van der Waals surface area (Å²) >= 11 is 1.45. The summed E-state index contributed by atoms with van der Waals surface area (Å²) in [5.41, 5.74) is 8.77. The van der Waals surface area contributed by atoms with Crippen LogP contribution in [0.5, 0.6) is 0 Å². The zero-order chi connectivity index (χ0) is 28.3. The van der Waals surface area contributed by atoms with Crippen molar-refractivity contribution in [1.82, 2.24) is 4.98 Å². The first kappa shape index (κ1) is 31.6. The molecule has 1 heterocycles. The van der Waals surface area contributed by atoms with Crippen molar-refractivity contribution in [3.63, 3.8) is 0 Å². The van der Waals surface area contributed by atoms with Gasteiger partial charge < -0.3 is 34.7 Å². The van der Waals surface area contributed by atoms with Crippen LogP contribution < -0.4 is 16.4 Å². The molecule has 0 unspecified atom stereocenters. The number of anilines is 2. The van der Waals surface area contributed by atoms with Crippen LogP contribution in [0.15, 0.2) is 54.7 Å².